The summed E-state index contributed by atoms with van der Waals surface area (Å²) in [6.07, 6.45) is 7.06. The van der Waals surface area contributed by atoms with Gasteiger partial charge in [0.1, 0.15) is 0 Å². The molecule has 0 bridgehead atoms. The number of carbonyl (C=O) groups excluding carboxylic acids is 1. The van der Waals surface area contributed by atoms with E-state index in [4.69, 9.17) is 5.73 Å². The summed E-state index contributed by atoms with van der Waals surface area (Å²) in [5, 5.41) is 0. The molecule has 1 aliphatic rings. The van der Waals surface area contributed by atoms with Crippen LogP contribution in [0.3, 0.4) is 0 Å². The summed E-state index contributed by atoms with van der Waals surface area (Å²) >= 11 is 0. The SMILES string of the molecule is CCCC1CCCN(C(=O)C(CN)CC(C)(C)C)CC1. The van der Waals surface area contributed by atoms with Crippen molar-refractivity contribution < 1.29 is 4.79 Å². The third kappa shape index (κ3) is 5.82. The van der Waals surface area contributed by atoms with Crippen molar-refractivity contribution in [3.8, 4) is 0 Å². The van der Waals surface area contributed by atoms with E-state index in [0.717, 1.165) is 31.8 Å². The van der Waals surface area contributed by atoms with E-state index in [1.807, 2.05) is 0 Å². The fraction of sp³-hybridized carbons (Fsp3) is 0.941. The van der Waals surface area contributed by atoms with E-state index < -0.39 is 0 Å². The number of likely N-dealkylation sites (tertiary alicyclic amines) is 1. The van der Waals surface area contributed by atoms with Crippen molar-refractivity contribution in [2.24, 2.45) is 23.0 Å². The molecule has 0 aromatic rings. The van der Waals surface area contributed by atoms with Crippen molar-refractivity contribution in [1.82, 2.24) is 4.90 Å². The van der Waals surface area contributed by atoms with E-state index in [0.29, 0.717) is 12.5 Å². The van der Waals surface area contributed by atoms with Gasteiger partial charge in [-0.05, 0) is 37.0 Å². The first kappa shape index (κ1) is 17.5. The normalized spacial score (nSPS) is 22.4. The number of rotatable bonds is 5. The third-order valence-corrected chi connectivity index (χ3v) is 4.35. The van der Waals surface area contributed by atoms with Crippen molar-refractivity contribution in [3.05, 3.63) is 0 Å². The minimum absolute atomic E-state index is 0.00211. The van der Waals surface area contributed by atoms with E-state index >= 15 is 0 Å². The maximum atomic E-state index is 12.7. The Morgan fingerprint density at radius 3 is 2.55 bits per heavy atom. The van der Waals surface area contributed by atoms with Gasteiger partial charge in [0.15, 0.2) is 0 Å². The fourth-order valence-electron chi connectivity index (χ4n) is 3.35. The molecule has 1 saturated heterocycles. The Morgan fingerprint density at radius 1 is 1.30 bits per heavy atom. The highest BCUT2D eigenvalue weighted by Crippen LogP contribution is 2.27. The zero-order valence-electron chi connectivity index (χ0n) is 14.0. The lowest BCUT2D eigenvalue weighted by atomic mass is 9.84. The first-order valence-electron chi connectivity index (χ1n) is 8.36. The van der Waals surface area contributed by atoms with Gasteiger partial charge in [0.05, 0.1) is 5.92 Å². The first-order valence-corrected chi connectivity index (χ1v) is 8.36. The van der Waals surface area contributed by atoms with Gasteiger partial charge in [-0.25, -0.2) is 0 Å². The van der Waals surface area contributed by atoms with Crippen LogP contribution in [0.5, 0.6) is 0 Å². The van der Waals surface area contributed by atoms with Gasteiger partial charge in [-0.15, -0.1) is 0 Å². The van der Waals surface area contributed by atoms with E-state index in [2.05, 4.69) is 32.6 Å². The van der Waals surface area contributed by atoms with E-state index in [9.17, 15) is 4.79 Å². The van der Waals surface area contributed by atoms with E-state index in [1.54, 1.807) is 0 Å². The second kappa shape index (κ2) is 8.02. The van der Waals surface area contributed by atoms with Crippen molar-refractivity contribution in [3.63, 3.8) is 0 Å². The van der Waals surface area contributed by atoms with E-state index in [1.165, 1.54) is 25.7 Å². The molecule has 0 aromatic carbocycles. The zero-order chi connectivity index (χ0) is 15.2. The molecule has 1 heterocycles. The van der Waals surface area contributed by atoms with Crippen LogP contribution in [0.25, 0.3) is 0 Å². The molecule has 0 aliphatic carbocycles. The largest absolute Gasteiger partial charge is 0.342 e. The minimum Gasteiger partial charge on any atom is -0.342 e. The summed E-state index contributed by atoms with van der Waals surface area (Å²) in [6.45, 7) is 11.1. The monoisotopic (exact) mass is 282 g/mol. The molecule has 3 heteroatoms. The van der Waals surface area contributed by atoms with Crippen LogP contribution in [-0.2, 0) is 4.79 Å². The van der Waals surface area contributed by atoms with Crippen LogP contribution in [0.15, 0.2) is 0 Å². The molecule has 20 heavy (non-hydrogen) atoms. The predicted molar refractivity (Wildman–Crippen MR) is 85.4 cm³/mol. The average Bonchev–Trinajstić information content (AvgIpc) is 2.60. The molecule has 0 spiro atoms. The molecule has 3 nitrogen and oxygen atoms in total. The van der Waals surface area contributed by atoms with Crippen LogP contribution in [0.4, 0.5) is 0 Å². The Morgan fingerprint density at radius 2 is 2.00 bits per heavy atom. The Kier molecular flexibility index (Phi) is 7.01. The number of amides is 1. The molecule has 2 atom stereocenters. The number of nitrogens with zero attached hydrogens (tertiary/aromatic N) is 1. The van der Waals surface area contributed by atoms with Crippen LogP contribution >= 0.6 is 0 Å². The Bertz CT molecular complexity index is 296. The lowest BCUT2D eigenvalue weighted by molar-refractivity contribution is -0.136. The molecule has 2 N–H and O–H groups in total. The lowest BCUT2D eigenvalue weighted by Gasteiger charge is -2.29. The average molecular weight is 282 g/mol. The Labute approximate surface area is 125 Å². The summed E-state index contributed by atoms with van der Waals surface area (Å²) in [4.78, 5) is 14.8. The van der Waals surface area contributed by atoms with Gasteiger partial charge in [0.2, 0.25) is 5.91 Å². The molecular formula is C17H34N2O. The van der Waals surface area contributed by atoms with Crippen LogP contribution in [0, 0.1) is 17.3 Å². The summed E-state index contributed by atoms with van der Waals surface area (Å²) in [6, 6.07) is 0. The van der Waals surface area contributed by atoms with Crippen molar-refractivity contribution in [1.29, 1.82) is 0 Å². The quantitative estimate of drug-likeness (QED) is 0.839. The molecule has 0 aromatic heterocycles. The molecule has 118 valence electrons. The van der Waals surface area contributed by atoms with Gasteiger partial charge in [0.25, 0.3) is 0 Å². The predicted octanol–water partition coefficient (Wildman–Crippen LogP) is 3.43. The highest BCUT2D eigenvalue weighted by atomic mass is 16.2. The van der Waals surface area contributed by atoms with Gasteiger partial charge in [0, 0.05) is 19.6 Å². The van der Waals surface area contributed by atoms with E-state index in [-0.39, 0.29) is 11.3 Å². The highest BCUT2D eigenvalue weighted by Gasteiger charge is 2.28. The summed E-state index contributed by atoms with van der Waals surface area (Å²) in [7, 11) is 0. The number of nitrogens with two attached hydrogens (primary N) is 1. The lowest BCUT2D eigenvalue weighted by Crippen LogP contribution is -2.41. The Balaban J connectivity index is 2.57. The van der Waals surface area contributed by atoms with Crippen molar-refractivity contribution >= 4 is 5.91 Å². The zero-order valence-corrected chi connectivity index (χ0v) is 14.0. The summed E-state index contributed by atoms with van der Waals surface area (Å²) in [5.41, 5.74) is 6.02. The molecular weight excluding hydrogens is 248 g/mol. The number of hydrogen-bond donors (Lipinski definition) is 1. The molecule has 1 amide bonds. The fourth-order valence-corrected chi connectivity index (χ4v) is 3.35. The smallest absolute Gasteiger partial charge is 0.226 e. The molecule has 2 unspecified atom stereocenters. The second-order valence-electron chi connectivity index (χ2n) is 7.61. The minimum atomic E-state index is -0.00211. The van der Waals surface area contributed by atoms with Gasteiger partial charge >= 0.3 is 0 Å². The van der Waals surface area contributed by atoms with Crippen molar-refractivity contribution in [2.75, 3.05) is 19.6 Å². The first-order chi connectivity index (χ1) is 9.37. The topological polar surface area (TPSA) is 46.3 Å². The van der Waals surface area contributed by atoms with Crippen LogP contribution in [0.2, 0.25) is 0 Å². The van der Waals surface area contributed by atoms with Gasteiger partial charge in [-0.2, -0.15) is 0 Å². The number of carbonyl (C=O) groups is 1. The third-order valence-electron chi connectivity index (χ3n) is 4.35. The molecule has 1 fully saturated rings. The van der Waals surface area contributed by atoms with Gasteiger partial charge in [-0.1, -0.05) is 40.5 Å². The maximum Gasteiger partial charge on any atom is 0.226 e. The van der Waals surface area contributed by atoms with Gasteiger partial charge < -0.3 is 10.6 Å². The second-order valence-corrected chi connectivity index (χ2v) is 7.61. The van der Waals surface area contributed by atoms with Crippen LogP contribution in [0.1, 0.15) is 66.2 Å². The summed E-state index contributed by atoms with van der Waals surface area (Å²) in [5.74, 6) is 1.11. The Hall–Kier alpha value is -0.570. The molecule has 1 rings (SSSR count). The molecule has 0 saturated carbocycles. The van der Waals surface area contributed by atoms with Crippen molar-refractivity contribution in [2.45, 2.75) is 66.2 Å². The highest BCUT2D eigenvalue weighted by molar-refractivity contribution is 5.79. The standard InChI is InChI=1S/C17H34N2O/c1-5-7-14-8-6-10-19(11-9-14)16(20)15(13-18)12-17(2,3)4/h14-15H,5-13,18H2,1-4H3. The van der Waals surface area contributed by atoms with Crippen LogP contribution in [-0.4, -0.2) is 30.4 Å². The number of hydrogen-bond acceptors (Lipinski definition) is 2. The van der Waals surface area contributed by atoms with Crippen LogP contribution < -0.4 is 5.73 Å². The summed E-state index contributed by atoms with van der Waals surface area (Å²) < 4.78 is 0. The molecule has 0 radical (unpaired) electrons. The maximum absolute atomic E-state index is 12.7. The molecule has 1 aliphatic heterocycles. The van der Waals surface area contributed by atoms with Gasteiger partial charge in [-0.3, -0.25) is 4.79 Å².